The van der Waals surface area contributed by atoms with Crippen LogP contribution in [0.15, 0.2) is 0 Å². The van der Waals surface area contributed by atoms with Crippen molar-refractivity contribution in [2.75, 3.05) is 0 Å². The predicted molar refractivity (Wildman–Crippen MR) is 44.4 cm³/mol. The fourth-order valence-electron chi connectivity index (χ4n) is 0. The van der Waals surface area contributed by atoms with Crippen molar-refractivity contribution in [3.8, 4) is 0 Å². The molecule has 0 amide bonds. The zero-order valence-corrected chi connectivity index (χ0v) is 15.7. The topological polar surface area (TPSA) is 229 Å². The third kappa shape index (κ3) is 2450. The van der Waals surface area contributed by atoms with Crippen LogP contribution in [0.4, 0.5) is 0 Å². The van der Waals surface area contributed by atoms with E-state index in [0.29, 0.717) is 0 Å². The van der Waals surface area contributed by atoms with Crippen LogP contribution in [-0.2, 0) is 66.3 Å². The molecule has 0 rings (SSSR count). The van der Waals surface area contributed by atoms with Crippen LogP contribution in [0, 0.1) is 0 Å². The van der Waals surface area contributed by atoms with Gasteiger partial charge < -0.3 is 18.2 Å². The fraction of sp³-hybridized carbons (Fsp3) is 0. The first kappa shape index (κ1) is 36.6. The Morgan fingerprint density at radius 2 is 0.444 bits per heavy atom. The van der Waals surface area contributed by atoms with E-state index < -0.39 is 43.9 Å². The molecule has 0 bridgehead atoms. The number of thiol groups is 4. The molecular weight excluding hydrogens is 540 g/mol. The molecule has 0 heterocycles. The van der Waals surface area contributed by atoms with E-state index >= 15 is 0 Å². The van der Waals surface area contributed by atoms with Gasteiger partial charge in [0.1, 0.15) is 0 Å². The van der Waals surface area contributed by atoms with Crippen LogP contribution in [0.2, 0.25) is 0 Å². The van der Waals surface area contributed by atoms with Crippen LogP contribution in [-0.4, -0.2) is 51.9 Å². The standard InChI is InChI=1S/Au.Na.4H2O3S/c;;4*1-4(2)3/h;;4*4H,(H,1,2,3)/q+3;+1;;;;/p-4. The molecule has 0 aliphatic carbocycles. The largest absolute Gasteiger partial charge is 3.00 e. The summed E-state index contributed by atoms with van der Waals surface area (Å²) in [5.74, 6) is 0. The van der Waals surface area contributed by atoms with Crippen molar-refractivity contribution in [3.05, 3.63) is 0 Å². The zero-order valence-electron chi connectivity index (χ0n) is 7.99. The van der Waals surface area contributed by atoms with Gasteiger partial charge in [0.25, 0.3) is 0 Å². The minimum absolute atomic E-state index is 0. The molecule has 0 saturated heterocycles. The van der Waals surface area contributed by atoms with Crippen LogP contribution in [0.1, 0.15) is 0 Å². The Bertz CT molecular complexity index is 298. The first-order valence-electron chi connectivity index (χ1n) is 2.19. The van der Waals surface area contributed by atoms with Crippen molar-refractivity contribution < 1.29 is 104 Å². The van der Waals surface area contributed by atoms with E-state index in [1.807, 2.05) is 0 Å². The molecule has 0 aromatic rings. The van der Waals surface area contributed by atoms with Crippen LogP contribution >= 0.6 is 0 Å². The second kappa shape index (κ2) is 31.0. The minimum Gasteiger partial charge on any atom is -0.750 e. The van der Waals surface area contributed by atoms with Crippen molar-refractivity contribution in [3.63, 3.8) is 0 Å². The SMILES string of the molecule is O=[SH](=O)[O-].O=[SH](=O)[O-].O=[SH](=O)[O-].O=[SH](=O)[O-].[Au+3].[Na+]. The summed E-state index contributed by atoms with van der Waals surface area (Å²) in [4.78, 5) is 0. The summed E-state index contributed by atoms with van der Waals surface area (Å²) in [6.07, 6.45) is 0. The summed E-state index contributed by atoms with van der Waals surface area (Å²) in [6.45, 7) is 0. The molecule has 0 aromatic carbocycles. The molecule has 0 N–H and O–H groups in total. The molecule has 18 heteroatoms. The quantitative estimate of drug-likeness (QED) is 0.127. The Balaban J connectivity index is -0.0000000257. The van der Waals surface area contributed by atoms with Gasteiger partial charge in [0, 0.05) is 0 Å². The minimum atomic E-state index is -3.37. The van der Waals surface area contributed by atoms with E-state index in [1.165, 1.54) is 0 Å². The van der Waals surface area contributed by atoms with Gasteiger partial charge in [0.05, 0.1) is 43.9 Å². The van der Waals surface area contributed by atoms with E-state index in [1.54, 1.807) is 0 Å². The normalized spacial score (nSPS) is 7.56. The molecule has 18 heavy (non-hydrogen) atoms. The van der Waals surface area contributed by atoms with Gasteiger partial charge in [-0.15, -0.1) is 0 Å². The van der Waals surface area contributed by atoms with Gasteiger partial charge in [-0.05, 0) is 0 Å². The maximum absolute atomic E-state index is 8.48. The van der Waals surface area contributed by atoms with Gasteiger partial charge in [0.15, 0.2) is 0 Å². The smallest absolute Gasteiger partial charge is 0.750 e. The Labute approximate surface area is 146 Å². The molecule has 0 atom stereocenters. The Hall–Kier alpha value is 1.38. The van der Waals surface area contributed by atoms with E-state index in [4.69, 9.17) is 51.9 Å². The van der Waals surface area contributed by atoms with E-state index in [0.717, 1.165) is 0 Å². The average molecular weight is 544 g/mol. The van der Waals surface area contributed by atoms with Crippen molar-refractivity contribution >= 4 is 43.9 Å². The van der Waals surface area contributed by atoms with Gasteiger partial charge in [-0.1, -0.05) is 0 Å². The Morgan fingerprint density at radius 1 is 0.444 bits per heavy atom. The summed E-state index contributed by atoms with van der Waals surface area (Å²) >= 11 is 0. The molecule has 12 nitrogen and oxygen atoms in total. The number of rotatable bonds is 0. The van der Waals surface area contributed by atoms with E-state index in [-0.39, 0.29) is 51.9 Å². The third-order valence-corrected chi connectivity index (χ3v) is 0. The van der Waals surface area contributed by atoms with Gasteiger partial charge in [-0.25, -0.2) is 33.7 Å². The number of hydrogen-bond donors (Lipinski definition) is 4. The monoisotopic (exact) mass is 544 g/mol. The van der Waals surface area contributed by atoms with Crippen molar-refractivity contribution in [1.82, 2.24) is 0 Å². The first-order valence-corrected chi connectivity index (χ1v) is 6.57. The molecule has 0 fully saturated rings. The second-order valence-electron chi connectivity index (χ2n) is 0.894. The Kier molecular flexibility index (Phi) is 63.0. The maximum Gasteiger partial charge on any atom is 3.00 e. The molecule has 0 spiro atoms. The predicted octanol–water partition coefficient (Wildman–Crippen LogP) is -8.09. The van der Waals surface area contributed by atoms with Crippen LogP contribution in [0.5, 0.6) is 0 Å². The van der Waals surface area contributed by atoms with Crippen LogP contribution < -0.4 is 29.6 Å². The summed E-state index contributed by atoms with van der Waals surface area (Å²) in [6, 6.07) is 0. The summed E-state index contributed by atoms with van der Waals surface area (Å²) in [5, 5.41) is 0. The summed E-state index contributed by atoms with van der Waals surface area (Å²) in [7, 11) is -13.5. The number of hydrogen-bond acceptors (Lipinski definition) is 12. The van der Waals surface area contributed by atoms with Crippen molar-refractivity contribution in [2.45, 2.75) is 0 Å². The molecule has 0 radical (unpaired) electrons. The van der Waals surface area contributed by atoms with Crippen molar-refractivity contribution in [1.29, 1.82) is 0 Å². The van der Waals surface area contributed by atoms with Gasteiger partial charge in [-0.3, -0.25) is 0 Å². The van der Waals surface area contributed by atoms with Crippen LogP contribution in [0.25, 0.3) is 0 Å². The first-order chi connectivity index (χ1) is 6.93. The van der Waals surface area contributed by atoms with Crippen LogP contribution in [0.3, 0.4) is 0 Å². The molecule has 0 aromatic heterocycles. The fourth-order valence-corrected chi connectivity index (χ4v) is 0. The third-order valence-electron chi connectivity index (χ3n) is 0. The van der Waals surface area contributed by atoms with Crippen molar-refractivity contribution in [2.24, 2.45) is 0 Å². The molecular formula is H4AuNaO12S4. The summed E-state index contributed by atoms with van der Waals surface area (Å²) in [5.41, 5.74) is 0. The molecule has 112 valence electrons. The zero-order chi connectivity index (χ0) is 14.3. The van der Waals surface area contributed by atoms with E-state index in [9.17, 15) is 0 Å². The molecule has 0 saturated carbocycles. The van der Waals surface area contributed by atoms with Gasteiger partial charge >= 0.3 is 51.9 Å². The Morgan fingerprint density at radius 3 is 0.444 bits per heavy atom. The van der Waals surface area contributed by atoms with Gasteiger partial charge in [-0.2, -0.15) is 0 Å². The van der Waals surface area contributed by atoms with E-state index in [2.05, 4.69) is 0 Å². The molecule has 0 unspecified atom stereocenters. The molecule has 0 aliphatic rings. The average Bonchev–Trinajstić information content (AvgIpc) is 1.76. The molecule has 0 aliphatic heterocycles. The maximum atomic E-state index is 8.48. The second-order valence-corrected chi connectivity index (χ2v) is 2.68. The van der Waals surface area contributed by atoms with Gasteiger partial charge in [0.2, 0.25) is 0 Å². The summed E-state index contributed by atoms with van der Waals surface area (Å²) < 4.78 is 102.